The van der Waals surface area contributed by atoms with Gasteiger partial charge in [-0.15, -0.1) is 0 Å². The van der Waals surface area contributed by atoms with Gasteiger partial charge in [0, 0.05) is 30.3 Å². The van der Waals surface area contributed by atoms with Gasteiger partial charge in [-0.3, -0.25) is 24.7 Å². The van der Waals surface area contributed by atoms with E-state index in [0.29, 0.717) is 18.5 Å². The molecule has 1 aromatic carbocycles. The van der Waals surface area contributed by atoms with Gasteiger partial charge in [-0.05, 0) is 48.7 Å². The summed E-state index contributed by atoms with van der Waals surface area (Å²) < 4.78 is 0. The molecule has 3 amide bonds. The number of benzene rings is 1. The lowest BCUT2D eigenvalue weighted by Gasteiger charge is -2.29. The van der Waals surface area contributed by atoms with Crippen LogP contribution in [0.4, 0.5) is 0 Å². The molecule has 1 N–H and O–H groups in total. The Morgan fingerprint density at radius 2 is 2.00 bits per heavy atom. The Balaban J connectivity index is 1.63. The third kappa shape index (κ3) is 2.69. The van der Waals surface area contributed by atoms with Gasteiger partial charge in [-0.1, -0.05) is 6.07 Å². The van der Waals surface area contributed by atoms with Crippen LogP contribution in [0.1, 0.15) is 34.3 Å². The minimum atomic E-state index is -0.585. The molecule has 25 heavy (non-hydrogen) atoms. The molecular formula is C19H17N3O3. The van der Waals surface area contributed by atoms with Crippen molar-refractivity contribution in [2.24, 2.45) is 0 Å². The van der Waals surface area contributed by atoms with Crippen LogP contribution in [0.5, 0.6) is 0 Å². The summed E-state index contributed by atoms with van der Waals surface area (Å²) in [6, 6.07) is 8.98. The van der Waals surface area contributed by atoms with E-state index in [1.54, 1.807) is 17.2 Å². The van der Waals surface area contributed by atoms with Crippen LogP contribution in [0.25, 0.3) is 11.3 Å². The second-order valence-electron chi connectivity index (χ2n) is 6.49. The molecule has 2 aliphatic rings. The molecule has 6 heteroatoms. The highest BCUT2D eigenvalue weighted by Crippen LogP contribution is 2.30. The van der Waals surface area contributed by atoms with Crippen molar-refractivity contribution in [3.8, 4) is 11.3 Å². The zero-order valence-electron chi connectivity index (χ0n) is 13.8. The van der Waals surface area contributed by atoms with E-state index in [1.807, 2.05) is 31.2 Å². The number of nitrogens with zero attached hydrogens (tertiary/aromatic N) is 2. The highest BCUT2D eigenvalue weighted by molar-refractivity contribution is 6.05. The first-order chi connectivity index (χ1) is 12.0. The first kappa shape index (κ1) is 15.5. The molecule has 3 heterocycles. The van der Waals surface area contributed by atoms with Crippen molar-refractivity contribution in [1.82, 2.24) is 15.2 Å². The number of fused-ring (bicyclic) bond motifs is 1. The number of carbonyl (C=O) groups is 3. The van der Waals surface area contributed by atoms with Gasteiger partial charge in [0.2, 0.25) is 11.8 Å². The summed E-state index contributed by atoms with van der Waals surface area (Å²) in [5.74, 6) is -0.829. The van der Waals surface area contributed by atoms with E-state index >= 15 is 0 Å². The Bertz CT molecular complexity index is 907. The van der Waals surface area contributed by atoms with Gasteiger partial charge in [0.1, 0.15) is 6.04 Å². The van der Waals surface area contributed by atoms with Gasteiger partial charge in [0.25, 0.3) is 5.91 Å². The van der Waals surface area contributed by atoms with Crippen molar-refractivity contribution in [2.45, 2.75) is 32.4 Å². The molecule has 0 aliphatic carbocycles. The molecule has 0 spiro atoms. The van der Waals surface area contributed by atoms with Crippen LogP contribution in [-0.4, -0.2) is 33.6 Å². The van der Waals surface area contributed by atoms with Gasteiger partial charge in [0.15, 0.2) is 0 Å². The minimum Gasteiger partial charge on any atom is -0.322 e. The molecular weight excluding hydrogens is 318 g/mol. The summed E-state index contributed by atoms with van der Waals surface area (Å²) in [5.41, 5.74) is 4.42. The highest BCUT2D eigenvalue weighted by atomic mass is 16.2. The first-order valence-corrected chi connectivity index (χ1v) is 8.23. The third-order valence-corrected chi connectivity index (χ3v) is 4.73. The van der Waals surface area contributed by atoms with Crippen molar-refractivity contribution in [3.05, 3.63) is 53.2 Å². The fourth-order valence-electron chi connectivity index (χ4n) is 3.43. The van der Waals surface area contributed by atoms with E-state index < -0.39 is 11.9 Å². The number of nitrogens with one attached hydrogen (secondary N) is 1. The molecule has 4 rings (SSSR count). The molecule has 1 fully saturated rings. The summed E-state index contributed by atoms with van der Waals surface area (Å²) in [5, 5.41) is 2.32. The number of carbonyl (C=O) groups excluding carboxylic acids is 3. The van der Waals surface area contributed by atoms with E-state index in [9.17, 15) is 14.4 Å². The van der Waals surface area contributed by atoms with Crippen molar-refractivity contribution < 1.29 is 14.4 Å². The smallest absolute Gasteiger partial charge is 0.255 e. The van der Waals surface area contributed by atoms with Gasteiger partial charge >= 0.3 is 0 Å². The van der Waals surface area contributed by atoms with E-state index in [4.69, 9.17) is 0 Å². The molecule has 1 aromatic heterocycles. The maximum absolute atomic E-state index is 12.7. The fourth-order valence-corrected chi connectivity index (χ4v) is 3.43. The molecule has 2 aliphatic heterocycles. The van der Waals surface area contributed by atoms with Crippen molar-refractivity contribution in [1.29, 1.82) is 0 Å². The highest BCUT2D eigenvalue weighted by Gasteiger charge is 2.39. The fraction of sp³-hybridized carbons (Fsp3) is 0.263. The average molecular weight is 335 g/mol. The molecule has 1 unspecified atom stereocenters. The minimum absolute atomic E-state index is 0.159. The summed E-state index contributed by atoms with van der Waals surface area (Å²) in [6.07, 6.45) is 2.39. The predicted octanol–water partition coefficient (Wildman–Crippen LogP) is 1.82. The second-order valence-corrected chi connectivity index (χ2v) is 6.49. The van der Waals surface area contributed by atoms with Gasteiger partial charge in [0.05, 0.1) is 5.69 Å². The Kier molecular flexibility index (Phi) is 3.60. The van der Waals surface area contributed by atoms with Gasteiger partial charge < -0.3 is 4.90 Å². The van der Waals surface area contributed by atoms with Gasteiger partial charge in [-0.2, -0.15) is 0 Å². The van der Waals surface area contributed by atoms with Crippen molar-refractivity contribution >= 4 is 17.7 Å². The zero-order valence-corrected chi connectivity index (χ0v) is 13.8. The van der Waals surface area contributed by atoms with Crippen LogP contribution in [0.3, 0.4) is 0 Å². The lowest BCUT2D eigenvalue weighted by Crippen LogP contribution is -2.52. The summed E-state index contributed by atoms with van der Waals surface area (Å²) in [7, 11) is 0. The number of imide groups is 1. The molecule has 6 nitrogen and oxygen atoms in total. The van der Waals surface area contributed by atoms with Crippen molar-refractivity contribution in [3.63, 3.8) is 0 Å². The van der Waals surface area contributed by atoms with Crippen LogP contribution in [-0.2, 0) is 16.1 Å². The topological polar surface area (TPSA) is 79.4 Å². The van der Waals surface area contributed by atoms with E-state index in [1.165, 1.54) is 0 Å². The zero-order chi connectivity index (χ0) is 17.6. The van der Waals surface area contributed by atoms with E-state index in [0.717, 1.165) is 22.4 Å². The normalized spacial score (nSPS) is 19.8. The number of rotatable bonds is 2. The number of amides is 3. The average Bonchev–Trinajstić information content (AvgIpc) is 2.91. The summed E-state index contributed by atoms with van der Waals surface area (Å²) in [4.78, 5) is 42.0. The lowest BCUT2D eigenvalue weighted by atomic mass is 10.0. The Hall–Kier alpha value is -3.02. The van der Waals surface area contributed by atoms with Crippen LogP contribution < -0.4 is 5.32 Å². The van der Waals surface area contributed by atoms with Crippen LogP contribution >= 0.6 is 0 Å². The molecule has 126 valence electrons. The first-order valence-electron chi connectivity index (χ1n) is 8.23. The summed E-state index contributed by atoms with van der Waals surface area (Å²) >= 11 is 0. The maximum Gasteiger partial charge on any atom is 0.255 e. The Labute approximate surface area is 144 Å². The number of pyridine rings is 1. The third-order valence-electron chi connectivity index (χ3n) is 4.73. The summed E-state index contributed by atoms with van der Waals surface area (Å²) in [6.45, 7) is 2.38. The maximum atomic E-state index is 12.7. The molecule has 1 atom stereocenters. The quantitative estimate of drug-likeness (QED) is 0.849. The number of aryl methyl sites for hydroxylation is 1. The molecule has 0 saturated carbocycles. The standard InChI is InChI=1S/C19H17N3O3/c1-11-6-7-20-15(8-11)12-2-3-14-13(9-12)10-22(19(14)25)16-4-5-17(23)21-18(16)24/h2-3,6-9,16H,4-5,10H2,1H3,(H,21,23,24). The molecule has 0 radical (unpaired) electrons. The van der Waals surface area contributed by atoms with E-state index in [-0.39, 0.29) is 18.2 Å². The largest absolute Gasteiger partial charge is 0.322 e. The number of hydrogen-bond donors (Lipinski definition) is 1. The SMILES string of the molecule is Cc1ccnc(-c2ccc3c(c2)CN(C2CCC(=O)NC2=O)C3=O)c1. The van der Waals surface area contributed by atoms with Crippen molar-refractivity contribution in [2.75, 3.05) is 0 Å². The second kappa shape index (κ2) is 5.81. The monoisotopic (exact) mass is 335 g/mol. The molecule has 1 saturated heterocycles. The lowest BCUT2D eigenvalue weighted by molar-refractivity contribution is -0.136. The van der Waals surface area contributed by atoms with Gasteiger partial charge in [-0.25, -0.2) is 0 Å². The predicted molar refractivity (Wildman–Crippen MR) is 90.5 cm³/mol. The van der Waals surface area contributed by atoms with Crippen LogP contribution in [0.2, 0.25) is 0 Å². The number of aromatic nitrogens is 1. The number of hydrogen-bond acceptors (Lipinski definition) is 4. The Morgan fingerprint density at radius 3 is 2.76 bits per heavy atom. The van der Waals surface area contributed by atoms with Crippen LogP contribution in [0.15, 0.2) is 36.5 Å². The van der Waals surface area contributed by atoms with E-state index in [2.05, 4.69) is 10.3 Å². The number of piperidine rings is 1. The van der Waals surface area contributed by atoms with Crippen LogP contribution in [0, 0.1) is 6.92 Å². The molecule has 2 aromatic rings. The Morgan fingerprint density at radius 1 is 1.16 bits per heavy atom. The molecule has 0 bridgehead atoms.